The van der Waals surface area contributed by atoms with Gasteiger partial charge >= 0.3 is 0 Å². The molecule has 27 heavy (non-hydrogen) atoms. The van der Waals surface area contributed by atoms with Gasteiger partial charge in [-0.3, -0.25) is 14.2 Å². The molecule has 2 heterocycles. The molecule has 3 aromatic rings. The van der Waals surface area contributed by atoms with E-state index in [1.807, 2.05) is 20.8 Å². The molecule has 0 radical (unpaired) electrons. The van der Waals surface area contributed by atoms with E-state index in [0.29, 0.717) is 23.9 Å². The summed E-state index contributed by atoms with van der Waals surface area (Å²) in [6, 6.07) is 7.96. The molecule has 0 saturated heterocycles. The zero-order chi connectivity index (χ0) is 19.6. The van der Waals surface area contributed by atoms with Crippen LogP contribution in [0.15, 0.2) is 36.5 Å². The summed E-state index contributed by atoms with van der Waals surface area (Å²) < 4.78 is 16.4. The summed E-state index contributed by atoms with van der Waals surface area (Å²) in [4.78, 5) is 12.4. The first-order valence-electron chi connectivity index (χ1n) is 8.61. The topological polar surface area (TPSA) is 64.7 Å². The number of nitrogens with one attached hydrogen (secondary N) is 1. The van der Waals surface area contributed by atoms with Gasteiger partial charge in [-0.25, -0.2) is 4.39 Å². The fourth-order valence-electron chi connectivity index (χ4n) is 2.74. The number of hydrogen-bond acceptors (Lipinski definition) is 3. The molecule has 1 aromatic carbocycles. The van der Waals surface area contributed by atoms with Crippen LogP contribution in [-0.4, -0.2) is 25.5 Å². The SMILES string of the molecule is Cc1nn(CC(C)C(=O)Nc2ccn(Cc3ccc(F)cc3)n2)c(C)c1Cl. The van der Waals surface area contributed by atoms with Crippen LogP contribution in [0.1, 0.15) is 23.9 Å². The Kier molecular flexibility index (Phi) is 5.60. The van der Waals surface area contributed by atoms with Crippen LogP contribution in [0.5, 0.6) is 0 Å². The molecule has 0 bridgehead atoms. The highest BCUT2D eigenvalue weighted by Gasteiger charge is 2.18. The van der Waals surface area contributed by atoms with E-state index >= 15 is 0 Å². The fourth-order valence-corrected chi connectivity index (χ4v) is 2.87. The third kappa shape index (κ3) is 4.54. The van der Waals surface area contributed by atoms with Gasteiger partial charge in [-0.05, 0) is 31.5 Å². The third-order valence-electron chi connectivity index (χ3n) is 4.34. The third-order valence-corrected chi connectivity index (χ3v) is 4.88. The summed E-state index contributed by atoms with van der Waals surface area (Å²) in [7, 11) is 0. The van der Waals surface area contributed by atoms with Crippen molar-refractivity contribution >= 4 is 23.3 Å². The van der Waals surface area contributed by atoms with Crippen molar-refractivity contribution in [3.05, 3.63) is 64.3 Å². The summed E-state index contributed by atoms with van der Waals surface area (Å²) in [5.41, 5.74) is 2.52. The molecule has 6 nitrogen and oxygen atoms in total. The van der Waals surface area contributed by atoms with E-state index in [-0.39, 0.29) is 17.6 Å². The molecule has 8 heteroatoms. The van der Waals surface area contributed by atoms with Crippen LogP contribution in [-0.2, 0) is 17.9 Å². The van der Waals surface area contributed by atoms with Crippen molar-refractivity contribution in [3.8, 4) is 0 Å². The van der Waals surface area contributed by atoms with Gasteiger partial charge in [0.15, 0.2) is 5.82 Å². The van der Waals surface area contributed by atoms with Crippen LogP contribution < -0.4 is 5.32 Å². The average Bonchev–Trinajstić information content (AvgIpc) is 3.17. The second-order valence-electron chi connectivity index (χ2n) is 6.58. The number of benzene rings is 1. The smallest absolute Gasteiger partial charge is 0.230 e. The monoisotopic (exact) mass is 389 g/mol. The standard InChI is InChI=1S/C19H21ClFN5O/c1-12(10-26-14(3)18(20)13(2)23-26)19(27)22-17-8-9-25(24-17)11-15-4-6-16(21)7-5-15/h4-9,12H,10-11H2,1-3H3,(H,22,24,27). The quantitative estimate of drug-likeness (QED) is 0.697. The molecule has 1 unspecified atom stereocenters. The van der Waals surface area contributed by atoms with Crippen molar-refractivity contribution < 1.29 is 9.18 Å². The molecular weight excluding hydrogens is 369 g/mol. The van der Waals surface area contributed by atoms with Crippen molar-refractivity contribution in [3.63, 3.8) is 0 Å². The number of hydrogen-bond donors (Lipinski definition) is 1. The number of halogens is 2. The number of anilines is 1. The minimum absolute atomic E-state index is 0.147. The first-order chi connectivity index (χ1) is 12.8. The molecule has 0 aliphatic rings. The van der Waals surface area contributed by atoms with Crippen molar-refractivity contribution in [2.75, 3.05) is 5.32 Å². The van der Waals surface area contributed by atoms with Crippen LogP contribution in [0.3, 0.4) is 0 Å². The van der Waals surface area contributed by atoms with E-state index in [4.69, 9.17) is 11.6 Å². The van der Waals surface area contributed by atoms with E-state index in [1.54, 1.807) is 33.8 Å². The number of rotatable bonds is 6. The van der Waals surface area contributed by atoms with Gasteiger partial charge in [-0.15, -0.1) is 0 Å². The number of aryl methyl sites for hydroxylation is 1. The summed E-state index contributed by atoms with van der Waals surface area (Å²) >= 11 is 6.15. The molecule has 1 N–H and O–H groups in total. The summed E-state index contributed by atoms with van der Waals surface area (Å²) in [5, 5.41) is 12.1. The Morgan fingerprint density at radius 1 is 1.22 bits per heavy atom. The normalized spacial score (nSPS) is 12.2. The largest absolute Gasteiger partial charge is 0.309 e. The maximum absolute atomic E-state index is 13.0. The van der Waals surface area contributed by atoms with E-state index in [1.165, 1.54) is 12.1 Å². The highest BCUT2D eigenvalue weighted by atomic mass is 35.5. The summed E-state index contributed by atoms with van der Waals surface area (Å²) in [6.45, 7) is 6.47. The van der Waals surface area contributed by atoms with Crippen LogP contribution in [0, 0.1) is 25.6 Å². The Hall–Kier alpha value is -2.67. The van der Waals surface area contributed by atoms with Gasteiger partial charge < -0.3 is 5.32 Å². The first kappa shape index (κ1) is 19.1. The molecule has 3 rings (SSSR count). The van der Waals surface area contributed by atoms with Crippen LogP contribution in [0.4, 0.5) is 10.2 Å². The molecule has 1 atom stereocenters. The lowest BCUT2D eigenvalue weighted by molar-refractivity contribution is -0.119. The number of carbonyl (C=O) groups excluding carboxylic acids is 1. The highest BCUT2D eigenvalue weighted by molar-refractivity contribution is 6.31. The van der Waals surface area contributed by atoms with Gasteiger partial charge in [0.25, 0.3) is 0 Å². The van der Waals surface area contributed by atoms with E-state index in [9.17, 15) is 9.18 Å². The van der Waals surface area contributed by atoms with Gasteiger partial charge in [-0.1, -0.05) is 30.7 Å². The first-order valence-corrected chi connectivity index (χ1v) is 8.99. The van der Waals surface area contributed by atoms with E-state index < -0.39 is 0 Å². The van der Waals surface area contributed by atoms with Gasteiger partial charge in [-0.2, -0.15) is 10.2 Å². The van der Waals surface area contributed by atoms with Crippen molar-refractivity contribution in [2.45, 2.75) is 33.9 Å². The maximum atomic E-state index is 13.0. The number of nitrogens with zero attached hydrogens (tertiary/aromatic N) is 4. The Labute approximate surface area is 161 Å². The Balaban J connectivity index is 1.59. The molecule has 0 fully saturated rings. The Morgan fingerprint density at radius 3 is 2.56 bits per heavy atom. The van der Waals surface area contributed by atoms with Crippen molar-refractivity contribution in [2.24, 2.45) is 5.92 Å². The Bertz CT molecular complexity index is 948. The molecule has 0 aliphatic carbocycles. The van der Waals surface area contributed by atoms with Gasteiger partial charge in [0.2, 0.25) is 5.91 Å². The predicted molar refractivity (Wildman–Crippen MR) is 102 cm³/mol. The summed E-state index contributed by atoms with van der Waals surface area (Å²) in [6.07, 6.45) is 1.77. The molecule has 1 amide bonds. The molecular formula is C19H21ClFN5O. The van der Waals surface area contributed by atoms with Gasteiger partial charge in [0, 0.05) is 12.3 Å². The predicted octanol–water partition coefficient (Wildman–Crippen LogP) is 3.81. The number of aromatic nitrogens is 4. The molecule has 0 spiro atoms. The highest BCUT2D eigenvalue weighted by Crippen LogP contribution is 2.20. The molecule has 2 aromatic heterocycles. The summed E-state index contributed by atoms with van der Waals surface area (Å²) in [5.74, 6) is -0.252. The minimum Gasteiger partial charge on any atom is -0.309 e. The van der Waals surface area contributed by atoms with E-state index in [2.05, 4.69) is 15.5 Å². The van der Waals surface area contributed by atoms with Crippen molar-refractivity contribution in [1.29, 1.82) is 0 Å². The van der Waals surface area contributed by atoms with Gasteiger partial charge in [0.05, 0.1) is 35.4 Å². The number of amides is 1. The van der Waals surface area contributed by atoms with Crippen LogP contribution in [0.2, 0.25) is 5.02 Å². The number of carbonyl (C=O) groups is 1. The lowest BCUT2D eigenvalue weighted by Crippen LogP contribution is -2.25. The maximum Gasteiger partial charge on any atom is 0.230 e. The second-order valence-corrected chi connectivity index (χ2v) is 6.96. The Morgan fingerprint density at radius 2 is 1.93 bits per heavy atom. The zero-order valence-corrected chi connectivity index (χ0v) is 16.2. The minimum atomic E-state index is -0.304. The zero-order valence-electron chi connectivity index (χ0n) is 15.4. The van der Waals surface area contributed by atoms with E-state index in [0.717, 1.165) is 17.0 Å². The molecule has 142 valence electrons. The fraction of sp³-hybridized carbons (Fsp3) is 0.316. The van der Waals surface area contributed by atoms with Gasteiger partial charge in [0.1, 0.15) is 5.82 Å². The van der Waals surface area contributed by atoms with Crippen LogP contribution in [0.25, 0.3) is 0 Å². The lowest BCUT2D eigenvalue weighted by atomic mass is 10.1. The van der Waals surface area contributed by atoms with Crippen LogP contribution >= 0.6 is 11.6 Å². The lowest BCUT2D eigenvalue weighted by Gasteiger charge is -2.12. The second kappa shape index (κ2) is 7.92. The van der Waals surface area contributed by atoms with Crippen molar-refractivity contribution in [1.82, 2.24) is 19.6 Å². The molecule has 0 aliphatic heterocycles. The average molecular weight is 390 g/mol. The molecule has 0 saturated carbocycles.